The van der Waals surface area contributed by atoms with Crippen LogP contribution in [0.5, 0.6) is 0 Å². The number of hydrogen-bond acceptors (Lipinski definition) is 4. The second-order valence-corrected chi connectivity index (χ2v) is 6.97. The number of hydrogen-bond donors (Lipinski definition) is 1. The molecule has 0 aliphatic heterocycles. The minimum atomic E-state index is -3.54. The third-order valence-electron chi connectivity index (χ3n) is 2.66. The molecule has 0 aromatic heterocycles. The van der Waals surface area contributed by atoms with E-state index in [2.05, 4.69) is 4.72 Å². The SMILES string of the molecule is CSCC[C@@H](CC#N)NS(=O)(=O)c1ccc(C)cc1. The molecule has 0 bridgehead atoms. The van der Waals surface area contributed by atoms with Gasteiger partial charge < -0.3 is 0 Å². The summed E-state index contributed by atoms with van der Waals surface area (Å²) in [5.74, 6) is 0.822. The zero-order valence-electron chi connectivity index (χ0n) is 11.1. The summed E-state index contributed by atoms with van der Waals surface area (Å²) in [7, 11) is -3.54. The second kappa shape index (κ2) is 7.53. The Bertz CT molecular complexity index is 533. The summed E-state index contributed by atoms with van der Waals surface area (Å²) in [4.78, 5) is 0.241. The second-order valence-electron chi connectivity index (χ2n) is 4.27. The molecule has 0 aliphatic rings. The summed E-state index contributed by atoms with van der Waals surface area (Å²) in [5.41, 5.74) is 1.01. The van der Waals surface area contributed by atoms with Crippen molar-refractivity contribution in [3.63, 3.8) is 0 Å². The molecule has 0 saturated carbocycles. The number of nitrogens with one attached hydrogen (secondary N) is 1. The summed E-state index contributed by atoms with van der Waals surface area (Å²) < 4.78 is 26.9. The Morgan fingerprint density at radius 2 is 2.00 bits per heavy atom. The standard InChI is InChI=1S/C13H18N2O2S2/c1-11-3-5-13(6-4-11)19(16,17)15-12(7-9-14)8-10-18-2/h3-6,12,15H,7-8,10H2,1-2H3/t12-/m1/s1. The summed E-state index contributed by atoms with van der Waals surface area (Å²) >= 11 is 1.64. The number of benzene rings is 1. The van der Waals surface area contributed by atoms with Crippen LogP contribution in [0.25, 0.3) is 0 Å². The van der Waals surface area contributed by atoms with Gasteiger partial charge in [-0.15, -0.1) is 0 Å². The van der Waals surface area contributed by atoms with E-state index in [4.69, 9.17) is 5.26 Å². The van der Waals surface area contributed by atoms with Gasteiger partial charge in [0, 0.05) is 6.04 Å². The molecule has 6 heteroatoms. The van der Waals surface area contributed by atoms with Crippen molar-refractivity contribution in [1.29, 1.82) is 5.26 Å². The predicted molar refractivity (Wildman–Crippen MR) is 78.5 cm³/mol. The van der Waals surface area contributed by atoms with Crippen LogP contribution in [0, 0.1) is 18.3 Å². The number of aryl methyl sites for hydroxylation is 1. The van der Waals surface area contributed by atoms with Crippen molar-refractivity contribution in [2.24, 2.45) is 0 Å². The van der Waals surface area contributed by atoms with Gasteiger partial charge in [0.2, 0.25) is 10.0 Å². The highest BCUT2D eigenvalue weighted by Crippen LogP contribution is 2.13. The molecule has 0 fully saturated rings. The van der Waals surface area contributed by atoms with Gasteiger partial charge in [0.15, 0.2) is 0 Å². The molecule has 1 N–H and O–H groups in total. The van der Waals surface area contributed by atoms with Crippen LogP contribution in [0.2, 0.25) is 0 Å². The van der Waals surface area contributed by atoms with E-state index in [1.165, 1.54) is 0 Å². The van der Waals surface area contributed by atoms with E-state index in [-0.39, 0.29) is 17.4 Å². The Kier molecular flexibility index (Phi) is 6.35. The van der Waals surface area contributed by atoms with E-state index < -0.39 is 10.0 Å². The molecule has 1 aromatic rings. The highest BCUT2D eigenvalue weighted by atomic mass is 32.2. The summed E-state index contributed by atoms with van der Waals surface area (Å²) in [6.45, 7) is 1.90. The Morgan fingerprint density at radius 1 is 1.37 bits per heavy atom. The van der Waals surface area contributed by atoms with E-state index in [1.54, 1.807) is 36.0 Å². The number of rotatable bonds is 7. The topological polar surface area (TPSA) is 70.0 Å². The van der Waals surface area contributed by atoms with Crippen LogP contribution >= 0.6 is 11.8 Å². The minimum Gasteiger partial charge on any atom is -0.207 e. The molecule has 0 saturated heterocycles. The van der Waals surface area contributed by atoms with Gasteiger partial charge in [-0.1, -0.05) is 17.7 Å². The van der Waals surface area contributed by atoms with E-state index >= 15 is 0 Å². The number of nitriles is 1. The predicted octanol–water partition coefficient (Wildman–Crippen LogP) is 2.31. The first kappa shape index (κ1) is 16.0. The molecule has 0 radical (unpaired) electrons. The number of nitrogens with zero attached hydrogens (tertiary/aromatic N) is 1. The molecule has 4 nitrogen and oxygen atoms in total. The largest absolute Gasteiger partial charge is 0.240 e. The van der Waals surface area contributed by atoms with Gasteiger partial charge in [0.1, 0.15) is 0 Å². The Morgan fingerprint density at radius 3 is 2.53 bits per heavy atom. The molecule has 0 amide bonds. The first-order valence-corrected chi connectivity index (χ1v) is 8.82. The molecular formula is C13H18N2O2S2. The van der Waals surface area contributed by atoms with Crippen LogP contribution in [0.4, 0.5) is 0 Å². The Hall–Kier alpha value is -1.03. The summed E-state index contributed by atoms with van der Waals surface area (Å²) in [6.07, 6.45) is 2.80. The van der Waals surface area contributed by atoms with Crippen LogP contribution < -0.4 is 4.72 Å². The van der Waals surface area contributed by atoms with Crippen LogP contribution in [0.3, 0.4) is 0 Å². The van der Waals surface area contributed by atoms with Crippen LogP contribution in [-0.2, 0) is 10.0 Å². The molecule has 1 rings (SSSR count). The minimum absolute atomic E-state index is 0.186. The van der Waals surface area contributed by atoms with Gasteiger partial charge in [-0.25, -0.2) is 13.1 Å². The number of thioether (sulfide) groups is 1. The molecule has 0 spiro atoms. The van der Waals surface area contributed by atoms with E-state index in [1.807, 2.05) is 19.2 Å². The quantitative estimate of drug-likeness (QED) is 0.838. The van der Waals surface area contributed by atoms with Gasteiger partial charge in [-0.2, -0.15) is 17.0 Å². The fraction of sp³-hybridized carbons (Fsp3) is 0.462. The molecule has 0 unspecified atom stereocenters. The number of sulfonamides is 1. The lowest BCUT2D eigenvalue weighted by Gasteiger charge is -2.15. The van der Waals surface area contributed by atoms with Crippen LogP contribution in [0.15, 0.2) is 29.2 Å². The van der Waals surface area contributed by atoms with Crippen molar-refractivity contribution in [1.82, 2.24) is 4.72 Å². The van der Waals surface area contributed by atoms with Crippen molar-refractivity contribution in [2.45, 2.75) is 30.7 Å². The Labute approximate surface area is 119 Å². The molecule has 1 atom stereocenters. The van der Waals surface area contributed by atoms with E-state index in [9.17, 15) is 8.42 Å². The third kappa shape index (κ3) is 5.23. The highest BCUT2D eigenvalue weighted by molar-refractivity contribution is 7.98. The molecule has 104 valence electrons. The normalized spacial score (nSPS) is 12.9. The van der Waals surface area contributed by atoms with E-state index in [0.717, 1.165) is 11.3 Å². The van der Waals surface area contributed by atoms with E-state index in [0.29, 0.717) is 6.42 Å². The van der Waals surface area contributed by atoms with Crippen LogP contribution in [-0.4, -0.2) is 26.5 Å². The van der Waals surface area contributed by atoms with Crippen molar-refractivity contribution >= 4 is 21.8 Å². The fourth-order valence-electron chi connectivity index (χ4n) is 1.58. The lowest BCUT2D eigenvalue weighted by Crippen LogP contribution is -2.35. The molecule has 1 aromatic carbocycles. The van der Waals surface area contributed by atoms with Gasteiger partial charge in [0.05, 0.1) is 17.4 Å². The van der Waals surface area contributed by atoms with Gasteiger partial charge in [0.25, 0.3) is 0 Å². The zero-order chi connectivity index (χ0) is 14.3. The van der Waals surface area contributed by atoms with Gasteiger partial charge in [-0.3, -0.25) is 0 Å². The Balaban J connectivity index is 2.81. The summed E-state index contributed by atoms with van der Waals surface area (Å²) in [6, 6.07) is 8.37. The summed E-state index contributed by atoms with van der Waals surface area (Å²) in [5, 5.41) is 8.75. The average Bonchev–Trinajstić information content (AvgIpc) is 2.36. The van der Waals surface area contributed by atoms with Crippen LogP contribution in [0.1, 0.15) is 18.4 Å². The monoisotopic (exact) mass is 298 g/mol. The molecule has 19 heavy (non-hydrogen) atoms. The molecular weight excluding hydrogens is 280 g/mol. The third-order valence-corrected chi connectivity index (χ3v) is 4.84. The van der Waals surface area contributed by atoms with Crippen molar-refractivity contribution in [3.8, 4) is 6.07 Å². The maximum Gasteiger partial charge on any atom is 0.240 e. The lowest BCUT2D eigenvalue weighted by atomic mass is 10.2. The van der Waals surface area contributed by atoms with Crippen molar-refractivity contribution in [2.75, 3.05) is 12.0 Å². The van der Waals surface area contributed by atoms with Gasteiger partial charge in [-0.05, 0) is 37.5 Å². The average molecular weight is 298 g/mol. The lowest BCUT2D eigenvalue weighted by molar-refractivity contribution is 0.545. The first-order chi connectivity index (χ1) is 8.99. The first-order valence-electron chi connectivity index (χ1n) is 5.94. The van der Waals surface area contributed by atoms with Crippen molar-refractivity contribution in [3.05, 3.63) is 29.8 Å². The van der Waals surface area contributed by atoms with Crippen molar-refractivity contribution < 1.29 is 8.42 Å². The highest BCUT2D eigenvalue weighted by Gasteiger charge is 2.19. The molecule has 0 heterocycles. The fourth-order valence-corrected chi connectivity index (χ4v) is 3.37. The zero-order valence-corrected chi connectivity index (χ0v) is 12.7. The maximum atomic E-state index is 12.2. The van der Waals surface area contributed by atoms with Gasteiger partial charge >= 0.3 is 0 Å². The smallest absolute Gasteiger partial charge is 0.207 e. The molecule has 0 aliphatic carbocycles. The maximum absolute atomic E-state index is 12.2.